The summed E-state index contributed by atoms with van der Waals surface area (Å²) in [6, 6.07) is -0.316. The molecule has 0 aliphatic rings. The van der Waals surface area contributed by atoms with Gasteiger partial charge in [-0.1, -0.05) is 71.1 Å². The van der Waals surface area contributed by atoms with E-state index in [0.29, 0.717) is 0 Å². The molecule has 1 atom stereocenters. The monoisotopic (exact) mass is 256 g/mol. The van der Waals surface area contributed by atoms with Gasteiger partial charge in [-0.15, -0.1) is 0 Å². The van der Waals surface area contributed by atoms with Crippen molar-refractivity contribution >= 4 is 5.91 Å². The fourth-order valence-electron chi connectivity index (χ4n) is 2.17. The van der Waals surface area contributed by atoms with Crippen molar-refractivity contribution in [3.8, 4) is 0 Å². The Morgan fingerprint density at radius 1 is 0.944 bits per heavy atom. The highest BCUT2D eigenvalue weighted by Crippen LogP contribution is 2.11. The van der Waals surface area contributed by atoms with Crippen LogP contribution in [-0.4, -0.2) is 19.0 Å². The van der Waals surface area contributed by atoms with Gasteiger partial charge in [-0.2, -0.15) is 0 Å². The number of nitrogens with two attached hydrogens (primary N) is 1. The van der Waals surface area contributed by atoms with E-state index in [4.69, 9.17) is 5.73 Å². The molecule has 0 saturated heterocycles. The standard InChI is InChI=1S/C15H32N2O/c1-3-4-5-6-7-8-9-10-11-12-13-14(16)15(18)17-2/h14H,3-13,16H2,1-2H3,(H,17,18). The zero-order valence-corrected chi connectivity index (χ0v) is 12.3. The van der Waals surface area contributed by atoms with Crippen LogP contribution in [0.15, 0.2) is 0 Å². The summed E-state index contributed by atoms with van der Waals surface area (Å²) in [6.07, 6.45) is 14.0. The number of carbonyl (C=O) groups is 1. The maximum atomic E-state index is 11.2. The molecular formula is C15H32N2O. The van der Waals surface area contributed by atoms with E-state index in [2.05, 4.69) is 12.2 Å². The van der Waals surface area contributed by atoms with Crippen molar-refractivity contribution in [3.63, 3.8) is 0 Å². The largest absolute Gasteiger partial charge is 0.358 e. The molecular weight excluding hydrogens is 224 g/mol. The van der Waals surface area contributed by atoms with E-state index in [1.807, 2.05) is 0 Å². The number of likely N-dealkylation sites (N-methyl/N-ethyl adjacent to an activating group) is 1. The normalized spacial score (nSPS) is 12.4. The Kier molecular flexibility index (Phi) is 12.5. The first-order valence-corrected chi connectivity index (χ1v) is 7.69. The van der Waals surface area contributed by atoms with Crippen molar-refractivity contribution in [1.29, 1.82) is 0 Å². The van der Waals surface area contributed by atoms with Crippen molar-refractivity contribution < 1.29 is 4.79 Å². The molecule has 1 amide bonds. The van der Waals surface area contributed by atoms with Crippen LogP contribution in [0.1, 0.15) is 77.6 Å². The molecule has 18 heavy (non-hydrogen) atoms. The van der Waals surface area contributed by atoms with Crippen LogP contribution in [0.25, 0.3) is 0 Å². The molecule has 0 rings (SSSR count). The van der Waals surface area contributed by atoms with Crippen molar-refractivity contribution in [2.24, 2.45) is 5.73 Å². The smallest absolute Gasteiger partial charge is 0.236 e. The van der Waals surface area contributed by atoms with Crippen LogP contribution in [0.3, 0.4) is 0 Å². The van der Waals surface area contributed by atoms with Gasteiger partial charge < -0.3 is 11.1 Å². The highest BCUT2D eigenvalue weighted by molar-refractivity contribution is 5.81. The Labute approximate surface area is 113 Å². The summed E-state index contributed by atoms with van der Waals surface area (Å²) in [5, 5.41) is 2.59. The number of hydrogen-bond acceptors (Lipinski definition) is 2. The van der Waals surface area contributed by atoms with Crippen molar-refractivity contribution in [2.45, 2.75) is 83.6 Å². The number of hydrogen-bond donors (Lipinski definition) is 2. The summed E-state index contributed by atoms with van der Waals surface area (Å²) in [6.45, 7) is 2.25. The Balaban J connectivity index is 3.14. The van der Waals surface area contributed by atoms with Crippen LogP contribution in [0, 0.1) is 0 Å². The van der Waals surface area contributed by atoms with Gasteiger partial charge in [-0.3, -0.25) is 4.79 Å². The fourth-order valence-corrected chi connectivity index (χ4v) is 2.17. The van der Waals surface area contributed by atoms with Crippen LogP contribution in [0.4, 0.5) is 0 Å². The Bertz CT molecular complexity index is 195. The van der Waals surface area contributed by atoms with Gasteiger partial charge in [0.1, 0.15) is 0 Å². The van der Waals surface area contributed by atoms with Gasteiger partial charge >= 0.3 is 0 Å². The maximum Gasteiger partial charge on any atom is 0.236 e. The quantitative estimate of drug-likeness (QED) is 0.526. The molecule has 108 valence electrons. The summed E-state index contributed by atoms with van der Waals surface area (Å²) in [5.41, 5.74) is 5.72. The van der Waals surface area contributed by atoms with E-state index >= 15 is 0 Å². The Hall–Kier alpha value is -0.570. The highest BCUT2D eigenvalue weighted by atomic mass is 16.2. The third-order valence-corrected chi connectivity index (χ3v) is 3.45. The number of rotatable bonds is 12. The minimum Gasteiger partial charge on any atom is -0.358 e. The molecule has 0 aliphatic carbocycles. The lowest BCUT2D eigenvalue weighted by Crippen LogP contribution is -2.38. The van der Waals surface area contributed by atoms with Gasteiger partial charge in [0.05, 0.1) is 6.04 Å². The van der Waals surface area contributed by atoms with E-state index in [1.54, 1.807) is 7.05 Å². The fraction of sp³-hybridized carbons (Fsp3) is 0.933. The predicted molar refractivity (Wildman–Crippen MR) is 78.5 cm³/mol. The summed E-state index contributed by atoms with van der Waals surface area (Å²) in [4.78, 5) is 11.2. The zero-order chi connectivity index (χ0) is 13.6. The second kappa shape index (κ2) is 12.9. The molecule has 0 fully saturated rings. The molecule has 0 saturated carbocycles. The minimum atomic E-state index is -0.316. The van der Waals surface area contributed by atoms with Crippen molar-refractivity contribution in [2.75, 3.05) is 7.05 Å². The molecule has 3 nitrogen and oxygen atoms in total. The number of carbonyl (C=O) groups excluding carboxylic acids is 1. The van der Waals surface area contributed by atoms with Crippen LogP contribution in [0.5, 0.6) is 0 Å². The van der Waals surface area contributed by atoms with Gasteiger partial charge in [0.15, 0.2) is 0 Å². The molecule has 0 spiro atoms. The predicted octanol–water partition coefficient (Wildman–Crippen LogP) is 3.37. The number of amides is 1. The lowest BCUT2D eigenvalue weighted by atomic mass is 10.0. The number of nitrogens with one attached hydrogen (secondary N) is 1. The van der Waals surface area contributed by atoms with Crippen LogP contribution < -0.4 is 11.1 Å². The minimum absolute atomic E-state index is 0.0362. The van der Waals surface area contributed by atoms with Gasteiger partial charge in [-0.25, -0.2) is 0 Å². The molecule has 0 bridgehead atoms. The molecule has 0 aromatic carbocycles. The molecule has 3 heteroatoms. The molecule has 0 heterocycles. The lowest BCUT2D eigenvalue weighted by Gasteiger charge is -2.09. The molecule has 1 unspecified atom stereocenters. The summed E-state index contributed by atoms with van der Waals surface area (Å²) < 4.78 is 0. The second-order valence-corrected chi connectivity index (χ2v) is 5.19. The van der Waals surface area contributed by atoms with Crippen molar-refractivity contribution in [1.82, 2.24) is 5.32 Å². The van der Waals surface area contributed by atoms with Crippen LogP contribution >= 0.6 is 0 Å². The third-order valence-electron chi connectivity index (χ3n) is 3.45. The second-order valence-electron chi connectivity index (χ2n) is 5.19. The molecule has 0 radical (unpaired) electrons. The number of unbranched alkanes of at least 4 members (excludes halogenated alkanes) is 9. The van der Waals surface area contributed by atoms with Gasteiger partial charge in [-0.05, 0) is 6.42 Å². The zero-order valence-electron chi connectivity index (χ0n) is 12.3. The van der Waals surface area contributed by atoms with Gasteiger partial charge in [0, 0.05) is 7.05 Å². The Morgan fingerprint density at radius 2 is 1.39 bits per heavy atom. The van der Waals surface area contributed by atoms with E-state index < -0.39 is 0 Å². The first-order chi connectivity index (χ1) is 8.72. The van der Waals surface area contributed by atoms with E-state index in [-0.39, 0.29) is 11.9 Å². The summed E-state index contributed by atoms with van der Waals surface area (Å²) in [5.74, 6) is -0.0362. The Morgan fingerprint density at radius 3 is 1.83 bits per heavy atom. The highest BCUT2D eigenvalue weighted by Gasteiger charge is 2.09. The van der Waals surface area contributed by atoms with E-state index in [1.165, 1.54) is 57.8 Å². The van der Waals surface area contributed by atoms with Gasteiger partial charge in [0.2, 0.25) is 5.91 Å². The molecule has 0 aromatic rings. The van der Waals surface area contributed by atoms with Crippen LogP contribution in [-0.2, 0) is 4.79 Å². The first kappa shape index (κ1) is 17.4. The topological polar surface area (TPSA) is 55.1 Å². The lowest BCUT2D eigenvalue weighted by molar-refractivity contribution is -0.122. The molecule has 0 aromatic heterocycles. The average Bonchev–Trinajstić information content (AvgIpc) is 2.39. The van der Waals surface area contributed by atoms with Crippen molar-refractivity contribution in [3.05, 3.63) is 0 Å². The summed E-state index contributed by atoms with van der Waals surface area (Å²) in [7, 11) is 1.64. The summed E-state index contributed by atoms with van der Waals surface area (Å²) >= 11 is 0. The van der Waals surface area contributed by atoms with Gasteiger partial charge in [0.25, 0.3) is 0 Å². The third kappa shape index (κ3) is 10.6. The van der Waals surface area contributed by atoms with E-state index in [9.17, 15) is 4.79 Å². The first-order valence-electron chi connectivity index (χ1n) is 7.69. The maximum absolute atomic E-state index is 11.2. The van der Waals surface area contributed by atoms with E-state index in [0.717, 1.165) is 12.8 Å². The van der Waals surface area contributed by atoms with Crippen LogP contribution in [0.2, 0.25) is 0 Å². The average molecular weight is 256 g/mol. The molecule has 0 aliphatic heterocycles. The molecule has 3 N–H and O–H groups in total. The SMILES string of the molecule is CCCCCCCCCCCCC(N)C(=O)NC.